The van der Waals surface area contributed by atoms with E-state index in [1.807, 2.05) is 24.0 Å². The van der Waals surface area contributed by atoms with Crippen molar-refractivity contribution >= 4 is 5.91 Å². The molecule has 7 heteroatoms. The van der Waals surface area contributed by atoms with Gasteiger partial charge in [-0.25, -0.2) is 4.98 Å². The molecule has 1 saturated heterocycles. The number of amides is 1. The summed E-state index contributed by atoms with van der Waals surface area (Å²) in [7, 11) is 0. The molecule has 3 aromatic heterocycles. The first-order valence-electron chi connectivity index (χ1n) is 9.32. The third-order valence-corrected chi connectivity index (χ3v) is 4.86. The van der Waals surface area contributed by atoms with Gasteiger partial charge >= 0.3 is 0 Å². The molecular weight excluding hydrogens is 354 g/mol. The topological polar surface area (TPSA) is 81.1 Å². The molecule has 142 valence electrons. The minimum absolute atomic E-state index is 0.00716. The van der Waals surface area contributed by atoms with Crippen molar-refractivity contribution in [3.63, 3.8) is 0 Å². The fourth-order valence-electron chi connectivity index (χ4n) is 3.43. The zero-order valence-corrected chi connectivity index (χ0v) is 15.7. The van der Waals surface area contributed by atoms with Crippen molar-refractivity contribution < 1.29 is 9.53 Å². The number of aryl methyl sites for hydroxylation is 1. The van der Waals surface area contributed by atoms with Crippen molar-refractivity contribution in [1.29, 1.82) is 0 Å². The second-order valence-electron chi connectivity index (χ2n) is 6.77. The Labute approximate surface area is 163 Å². The number of pyridine rings is 2. The first kappa shape index (κ1) is 18.0. The highest BCUT2D eigenvalue weighted by molar-refractivity contribution is 5.94. The van der Waals surface area contributed by atoms with E-state index in [4.69, 9.17) is 4.74 Å². The highest BCUT2D eigenvalue weighted by atomic mass is 16.5. The summed E-state index contributed by atoms with van der Waals surface area (Å²) in [6, 6.07) is 7.26. The lowest BCUT2D eigenvalue weighted by molar-refractivity contribution is 0.0704. The maximum Gasteiger partial charge on any atom is 0.255 e. The number of hydrogen-bond acceptors (Lipinski definition) is 6. The molecule has 0 radical (unpaired) electrons. The number of piperidine rings is 1. The summed E-state index contributed by atoms with van der Waals surface area (Å²) in [5, 5.41) is 0. The van der Waals surface area contributed by atoms with Crippen LogP contribution >= 0.6 is 0 Å². The zero-order valence-electron chi connectivity index (χ0n) is 15.7. The molecular formula is C21H21N5O2. The van der Waals surface area contributed by atoms with Gasteiger partial charge in [-0.05, 0) is 44.0 Å². The van der Waals surface area contributed by atoms with Crippen LogP contribution in [-0.2, 0) is 0 Å². The standard InChI is InChI=1S/C21H21N5O2/c1-15-18(7-3-9-23-15)28-20-19(24-10-11-25-20)17-6-4-12-26(14-17)21(27)16-5-2-8-22-13-16/h2-3,5,7-11,13,17H,4,6,12,14H2,1H3. The van der Waals surface area contributed by atoms with Crippen molar-refractivity contribution in [2.45, 2.75) is 25.7 Å². The van der Waals surface area contributed by atoms with Crippen molar-refractivity contribution in [1.82, 2.24) is 24.8 Å². The van der Waals surface area contributed by atoms with Gasteiger partial charge in [-0.15, -0.1) is 0 Å². The number of aromatic nitrogens is 4. The Balaban J connectivity index is 1.56. The average molecular weight is 375 g/mol. The Morgan fingerprint density at radius 1 is 1.11 bits per heavy atom. The van der Waals surface area contributed by atoms with Gasteiger partial charge in [0.05, 0.1) is 11.3 Å². The fourth-order valence-corrected chi connectivity index (χ4v) is 3.43. The normalized spacial score (nSPS) is 16.6. The van der Waals surface area contributed by atoms with E-state index in [-0.39, 0.29) is 11.8 Å². The van der Waals surface area contributed by atoms with Gasteiger partial charge in [-0.1, -0.05) is 0 Å². The van der Waals surface area contributed by atoms with Gasteiger partial charge in [0.1, 0.15) is 5.69 Å². The van der Waals surface area contributed by atoms with E-state index < -0.39 is 0 Å². The molecule has 7 nitrogen and oxygen atoms in total. The summed E-state index contributed by atoms with van der Waals surface area (Å²) in [5.74, 6) is 1.19. The first-order chi connectivity index (χ1) is 13.7. The van der Waals surface area contributed by atoms with Crippen LogP contribution in [0.1, 0.15) is 40.5 Å². The molecule has 1 unspecified atom stereocenters. The van der Waals surface area contributed by atoms with Crippen LogP contribution < -0.4 is 4.74 Å². The number of rotatable bonds is 4. The SMILES string of the molecule is Cc1ncccc1Oc1nccnc1C1CCCN(C(=O)c2cccnc2)C1. The van der Waals surface area contributed by atoms with Gasteiger partial charge in [0.25, 0.3) is 5.91 Å². The molecule has 0 N–H and O–H groups in total. The molecule has 1 amide bonds. The van der Waals surface area contributed by atoms with Crippen LogP contribution in [0.3, 0.4) is 0 Å². The van der Waals surface area contributed by atoms with Crippen LogP contribution in [0.4, 0.5) is 0 Å². The molecule has 0 aliphatic carbocycles. The monoisotopic (exact) mass is 375 g/mol. The summed E-state index contributed by atoms with van der Waals surface area (Å²) in [4.78, 5) is 31.9. The Kier molecular flexibility index (Phi) is 5.23. The van der Waals surface area contributed by atoms with Gasteiger partial charge in [0.2, 0.25) is 5.88 Å². The maximum atomic E-state index is 12.8. The van der Waals surface area contributed by atoms with Crippen LogP contribution in [0.5, 0.6) is 11.6 Å². The smallest absolute Gasteiger partial charge is 0.255 e. The van der Waals surface area contributed by atoms with Crippen LogP contribution in [0, 0.1) is 6.92 Å². The summed E-state index contributed by atoms with van der Waals surface area (Å²) < 4.78 is 6.02. The molecule has 28 heavy (non-hydrogen) atoms. The third-order valence-electron chi connectivity index (χ3n) is 4.86. The van der Waals surface area contributed by atoms with E-state index in [1.165, 1.54) is 0 Å². The van der Waals surface area contributed by atoms with Crippen molar-refractivity contribution in [3.05, 3.63) is 72.2 Å². The molecule has 0 bridgehead atoms. The molecule has 0 aromatic carbocycles. The van der Waals surface area contributed by atoms with Gasteiger partial charge in [0.15, 0.2) is 5.75 Å². The van der Waals surface area contributed by atoms with E-state index >= 15 is 0 Å². The van der Waals surface area contributed by atoms with Crippen molar-refractivity contribution in [2.75, 3.05) is 13.1 Å². The number of carbonyl (C=O) groups is 1. The molecule has 1 aliphatic rings. The third kappa shape index (κ3) is 3.83. The van der Waals surface area contributed by atoms with Gasteiger partial charge in [0, 0.05) is 50.0 Å². The van der Waals surface area contributed by atoms with Gasteiger partial charge < -0.3 is 9.64 Å². The molecule has 0 saturated carbocycles. The van der Waals surface area contributed by atoms with Gasteiger partial charge in [-0.2, -0.15) is 0 Å². The second kappa shape index (κ2) is 8.12. The van der Waals surface area contributed by atoms with Crippen LogP contribution in [0.25, 0.3) is 0 Å². The Hall–Kier alpha value is -3.35. The largest absolute Gasteiger partial charge is 0.435 e. The average Bonchev–Trinajstić information content (AvgIpc) is 2.76. The second-order valence-corrected chi connectivity index (χ2v) is 6.77. The maximum absolute atomic E-state index is 12.8. The van der Waals surface area contributed by atoms with E-state index in [0.29, 0.717) is 23.7 Å². The first-order valence-corrected chi connectivity index (χ1v) is 9.32. The fraction of sp³-hybridized carbons (Fsp3) is 0.286. The number of carbonyl (C=O) groups excluding carboxylic acids is 1. The number of likely N-dealkylation sites (tertiary alicyclic amines) is 1. The van der Waals surface area contributed by atoms with E-state index in [9.17, 15) is 4.79 Å². The quantitative estimate of drug-likeness (QED) is 0.695. The number of ether oxygens (including phenoxy) is 1. The molecule has 1 aliphatic heterocycles. The summed E-state index contributed by atoms with van der Waals surface area (Å²) in [5.41, 5.74) is 2.16. The molecule has 4 rings (SSSR count). The van der Waals surface area contributed by atoms with E-state index in [2.05, 4.69) is 19.9 Å². The van der Waals surface area contributed by atoms with E-state index in [0.717, 1.165) is 30.8 Å². The van der Waals surface area contributed by atoms with E-state index in [1.54, 1.807) is 43.1 Å². The van der Waals surface area contributed by atoms with Crippen molar-refractivity contribution in [2.24, 2.45) is 0 Å². The van der Waals surface area contributed by atoms with Crippen LogP contribution in [0.2, 0.25) is 0 Å². The Morgan fingerprint density at radius 3 is 2.79 bits per heavy atom. The molecule has 1 fully saturated rings. The molecule has 1 atom stereocenters. The summed E-state index contributed by atoms with van der Waals surface area (Å²) in [6.45, 7) is 3.19. The lowest BCUT2D eigenvalue weighted by atomic mass is 9.94. The highest BCUT2D eigenvalue weighted by Gasteiger charge is 2.29. The van der Waals surface area contributed by atoms with Crippen molar-refractivity contribution in [3.8, 4) is 11.6 Å². The summed E-state index contributed by atoms with van der Waals surface area (Å²) >= 11 is 0. The number of hydrogen-bond donors (Lipinski definition) is 0. The minimum atomic E-state index is -0.00716. The predicted molar refractivity (Wildman–Crippen MR) is 103 cm³/mol. The molecule has 0 spiro atoms. The lowest BCUT2D eigenvalue weighted by Crippen LogP contribution is -2.39. The highest BCUT2D eigenvalue weighted by Crippen LogP contribution is 2.33. The molecule has 4 heterocycles. The van der Waals surface area contributed by atoms with Gasteiger partial charge in [-0.3, -0.25) is 19.7 Å². The zero-order chi connectivity index (χ0) is 19.3. The van der Waals surface area contributed by atoms with Crippen LogP contribution in [0.15, 0.2) is 55.2 Å². The Morgan fingerprint density at radius 2 is 1.96 bits per heavy atom. The molecule has 3 aromatic rings. The predicted octanol–water partition coefficient (Wildman–Crippen LogP) is 3.39. The Bertz CT molecular complexity index is 964. The minimum Gasteiger partial charge on any atom is -0.435 e. The number of nitrogens with zero attached hydrogens (tertiary/aromatic N) is 5. The van der Waals surface area contributed by atoms with Crippen LogP contribution in [-0.4, -0.2) is 43.8 Å². The summed E-state index contributed by atoms with van der Waals surface area (Å²) in [6.07, 6.45) is 10.1. The lowest BCUT2D eigenvalue weighted by Gasteiger charge is -2.32.